The average Bonchev–Trinajstić information content (AvgIpc) is 2.65. The third-order valence-corrected chi connectivity index (χ3v) is 2.85. The van der Waals surface area contributed by atoms with Gasteiger partial charge in [-0.2, -0.15) is 0 Å². The van der Waals surface area contributed by atoms with Crippen LogP contribution in [0.1, 0.15) is 11.1 Å². The maximum atomic E-state index is 9.81. The van der Waals surface area contributed by atoms with Crippen LogP contribution in [0.25, 0.3) is 11.1 Å². The number of benzene rings is 2. The molecule has 3 rings (SSSR count). The van der Waals surface area contributed by atoms with Gasteiger partial charge in [0.2, 0.25) is 0 Å². The van der Waals surface area contributed by atoms with Crippen LogP contribution in [0.2, 0.25) is 0 Å². The van der Waals surface area contributed by atoms with Gasteiger partial charge in [-0.15, -0.1) is 0 Å². The zero-order valence-corrected chi connectivity index (χ0v) is 10.2. The monoisotopic (exact) mass is 318 g/mol. The number of phenolic OH excluding ortho intramolecular Hbond substituents is 1. The zero-order valence-electron chi connectivity index (χ0n) is 8.68. The van der Waals surface area contributed by atoms with E-state index in [-0.39, 0.29) is 28.1 Å². The number of oxime groups is 1. The number of fused-ring (bicyclic) bond motifs is 3. The molecule has 17 heavy (non-hydrogen) atoms. The SMILES string of the molecule is O/N=C1\c2ccccc2-c2cccc(O)c21.[Ag+]. The molecule has 0 aliphatic heterocycles. The molecule has 4 heteroatoms. The number of nitrogens with zero attached hydrogens (tertiary/aromatic N) is 1. The molecule has 1 aliphatic carbocycles. The van der Waals surface area contributed by atoms with Gasteiger partial charge in [0.05, 0.1) is 5.56 Å². The van der Waals surface area contributed by atoms with Crippen LogP contribution >= 0.6 is 0 Å². The van der Waals surface area contributed by atoms with Gasteiger partial charge in [-0.25, -0.2) is 0 Å². The Morgan fingerprint density at radius 1 is 0.824 bits per heavy atom. The van der Waals surface area contributed by atoms with Gasteiger partial charge in [0.15, 0.2) is 0 Å². The number of hydrogen-bond donors (Lipinski definition) is 2. The average molecular weight is 319 g/mol. The van der Waals surface area contributed by atoms with Gasteiger partial charge in [0.1, 0.15) is 11.5 Å². The van der Waals surface area contributed by atoms with Crippen molar-refractivity contribution < 1.29 is 32.7 Å². The summed E-state index contributed by atoms with van der Waals surface area (Å²) in [4.78, 5) is 0. The fraction of sp³-hybridized carbons (Fsp3) is 0. The molecule has 88 valence electrons. The van der Waals surface area contributed by atoms with E-state index in [1.165, 1.54) is 0 Å². The second kappa shape index (κ2) is 4.37. The molecule has 1 aliphatic rings. The van der Waals surface area contributed by atoms with Gasteiger partial charge in [-0.1, -0.05) is 41.6 Å². The van der Waals surface area contributed by atoms with E-state index in [4.69, 9.17) is 5.21 Å². The minimum absolute atomic E-state index is 0. The van der Waals surface area contributed by atoms with E-state index in [2.05, 4.69) is 5.16 Å². The summed E-state index contributed by atoms with van der Waals surface area (Å²) in [5.41, 5.74) is 3.78. The van der Waals surface area contributed by atoms with Crippen molar-refractivity contribution in [2.45, 2.75) is 0 Å². The Morgan fingerprint density at radius 2 is 1.47 bits per heavy atom. The summed E-state index contributed by atoms with van der Waals surface area (Å²) in [6.07, 6.45) is 0. The van der Waals surface area contributed by atoms with Crippen LogP contribution in [0, 0.1) is 0 Å². The molecule has 0 saturated carbocycles. The first-order valence-corrected chi connectivity index (χ1v) is 4.97. The van der Waals surface area contributed by atoms with Crippen molar-refractivity contribution in [3.8, 4) is 16.9 Å². The van der Waals surface area contributed by atoms with Crippen LogP contribution in [0.15, 0.2) is 47.6 Å². The van der Waals surface area contributed by atoms with E-state index < -0.39 is 0 Å². The molecule has 2 aromatic carbocycles. The fourth-order valence-electron chi connectivity index (χ4n) is 2.18. The Bertz CT molecular complexity index is 608. The minimum atomic E-state index is 0. The Kier molecular flexibility index (Phi) is 3.07. The van der Waals surface area contributed by atoms with Crippen molar-refractivity contribution in [2.75, 3.05) is 0 Å². The molecular weight excluding hydrogens is 310 g/mol. The van der Waals surface area contributed by atoms with Gasteiger partial charge in [0, 0.05) is 5.56 Å². The Morgan fingerprint density at radius 3 is 2.18 bits per heavy atom. The van der Waals surface area contributed by atoms with Crippen LogP contribution in [0.5, 0.6) is 5.75 Å². The number of rotatable bonds is 0. The predicted octanol–water partition coefficient (Wildman–Crippen LogP) is 2.60. The van der Waals surface area contributed by atoms with E-state index in [0.717, 1.165) is 16.7 Å². The number of aromatic hydroxyl groups is 1. The summed E-state index contributed by atoms with van der Waals surface area (Å²) in [7, 11) is 0. The first-order valence-electron chi connectivity index (χ1n) is 4.97. The quantitative estimate of drug-likeness (QED) is 0.380. The molecule has 3 nitrogen and oxygen atoms in total. The number of hydrogen-bond acceptors (Lipinski definition) is 3. The second-order valence-electron chi connectivity index (χ2n) is 3.69. The number of phenols is 1. The second-order valence-corrected chi connectivity index (χ2v) is 3.69. The molecule has 0 saturated heterocycles. The molecule has 0 heterocycles. The first-order chi connectivity index (χ1) is 7.83. The summed E-state index contributed by atoms with van der Waals surface area (Å²) < 4.78 is 0. The predicted molar refractivity (Wildman–Crippen MR) is 61.0 cm³/mol. The van der Waals surface area contributed by atoms with Gasteiger partial charge in [-0.05, 0) is 17.2 Å². The first kappa shape index (κ1) is 11.9. The van der Waals surface area contributed by atoms with Crippen molar-refractivity contribution in [1.29, 1.82) is 0 Å². The van der Waals surface area contributed by atoms with Crippen LogP contribution in [-0.4, -0.2) is 16.0 Å². The molecule has 0 amide bonds. The molecule has 0 fully saturated rings. The Hall–Kier alpha value is -1.55. The van der Waals surface area contributed by atoms with E-state index in [1.54, 1.807) is 12.1 Å². The Balaban J connectivity index is 0.00000108. The molecule has 0 aromatic heterocycles. The standard InChI is InChI=1S/C13H9NO2.Ag/c15-11-7-3-6-9-8-4-1-2-5-10(8)13(14-16)12(9)11;/h1-7,15-16H;/q;+1/b14-13+;. The molecule has 2 aromatic rings. The van der Waals surface area contributed by atoms with E-state index in [0.29, 0.717) is 11.3 Å². The van der Waals surface area contributed by atoms with Crippen LogP contribution in [0.3, 0.4) is 0 Å². The van der Waals surface area contributed by atoms with E-state index in [1.807, 2.05) is 30.3 Å². The van der Waals surface area contributed by atoms with E-state index in [9.17, 15) is 5.11 Å². The van der Waals surface area contributed by atoms with E-state index >= 15 is 0 Å². The summed E-state index contributed by atoms with van der Waals surface area (Å²) >= 11 is 0. The van der Waals surface area contributed by atoms with Crippen molar-refractivity contribution in [3.05, 3.63) is 53.6 Å². The fourth-order valence-corrected chi connectivity index (χ4v) is 2.18. The van der Waals surface area contributed by atoms with Crippen molar-refractivity contribution in [3.63, 3.8) is 0 Å². The zero-order chi connectivity index (χ0) is 11.1. The largest absolute Gasteiger partial charge is 1.00 e. The molecule has 0 unspecified atom stereocenters. The normalized spacial score (nSPS) is 14.0. The maximum Gasteiger partial charge on any atom is 1.00 e. The van der Waals surface area contributed by atoms with Gasteiger partial charge in [-0.3, -0.25) is 0 Å². The van der Waals surface area contributed by atoms with Crippen LogP contribution in [0.4, 0.5) is 0 Å². The van der Waals surface area contributed by atoms with Gasteiger partial charge in [0.25, 0.3) is 0 Å². The summed E-state index contributed by atoms with van der Waals surface area (Å²) in [5.74, 6) is 0.140. The third kappa shape index (κ3) is 1.60. The summed E-state index contributed by atoms with van der Waals surface area (Å²) in [6.45, 7) is 0. The van der Waals surface area contributed by atoms with Crippen LogP contribution in [-0.2, 0) is 22.4 Å². The van der Waals surface area contributed by atoms with Crippen LogP contribution < -0.4 is 0 Å². The maximum absolute atomic E-state index is 9.81. The van der Waals surface area contributed by atoms with Crippen molar-refractivity contribution in [2.24, 2.45) is 5.16 Å². The smallest absolute Gasteiger partial charge is 0.507 e. The molecule has 0 atom stereocenters. The molecule has 0 radical (unpaired) electrons. The molecule has 0 spiro atoms. The topological polar surface area (TPSA) is 52.8 Å². The Labute approximate surface area is 114 Å². The summed E-state index contributed by atoms with van der Waals surface area (Å²) in [5, 5.41) is 22.2. The van der Waals surface area contributed by atoms with Gasteiger partial charge >= 0.3 is 22.4 Å². The van der Waals surface area contributed by atoms with Crippen molar-refractivity contribution >= 4 is 5.71 Å². The summed E-state index contributed by atoms with van der Waals surface area (Å²) in [6, 6.07) is 12.9. The minimum Gasteiger partial charge on any atom is -0.507 e. The van der Waals surface area contributed by atoms with Crippen molar-refractivity contribution in [1.82, 2.24) is 0 Å². The third-order valence-electron chi connectivity index (χ3n) is 2.85. The molecular formula is C13H9AgNO2+. The molecule has 0 bridgehead atoms. The van der Waals surface area contributed by atoms with Gasteiger partial charge < -0.3 is 10.3 Å². The molecule has 2 N–H and O–H groups in total.